The van der Waals surface area contributed by atoms with E-state index in [0.717, 1.165) is 0 Å². The van der Waals surface area contributed by atoms with Crippen molar-refractivity contribution in [1.29, 1.82) is 0 Å². The molecule has 3 atom stereocenters. The SMILES string of the molecule is CCC(C(=O)CC(C)C(=O)OCCOCCOC)C(=O)N[C@H](CC[S+](C)C)C(=O)[O-]. The van der Waals surface area contributed by atoms with Crippen LogP contribution in [0.3, 0.4) is 0 Å². The van der Waals surface area contributed by atoms with Gasteiger partial charge in [0.15, 0.2) is 0 Å². The molecule has 0 aliphatic rings. The van der Waals surface area contributed by atoms with Crippen molar-refractivity contribution in [1.82, 2.24) is 5.32 Å². The van der Waals surface area contributed by atoms with E-state index in [1.165, 1.54) is 0 Å². The van der Waals surface area contributed by atoms with Crippen molar-refractivity contribution in [2.24, 2.45) is 11.8 Å². The number of rotatable bonds is 17. The number of ketones is 1. The van der Waals surface area contributed by atoms with Crippen molar-refractivity contribution in [3.63, 3.8) is 0 Å². The molecular formula is C20H35NO8S. The Morgan fingerprint density at radius 2 is 1.70 bits per heavy atom. The Hall–Kier alpha value is -1.65. The van der Waals surface area contributed by atoms with Crippen LogP contribution >= 0.6 is 0 Å². The predicted octanol–water partition coefficient (Wildman–Crippen LogP) is -0.683. The maximum atomic E-state index is 12.5. The van der Waals surface area contributed by atoms with E-state index in [1.807, 2.05) is 12.5 Å². The zero-order valence-corrected chi connectivity index (χ0v) is 19.4. The molecule has 0 bridgehead atoms. The largest absolute Gasteiger partial charge is 0.548 e. The third-order valence-corrected chi connectivity index (χ3v) is 5.39. The van der Waals surface area contributed by atoms with Crippen LogP contribution in [0, 0.1) is 11.8 Å². The molecule has 0 spiro atoms. The summed E-state index contributed by atoms with van der Waals surface area (Å²) in [5.41, 5.74) is 0. The lowest BCUT2D eigenvalue weighted by Gasteiger charge is -2.22. The van der Waals surface area contributed by atoms with Crippen molar-refractivity contribution in [2.75, 3.05) is 51.8 Å². The summed E-state index contributed by atoms with van der Waals surface area (Å²) in [6, 6.07) is -1.14. The number of carboxylic acids is 1. The van der Waals surface area contributed by atoms with Crippen LogP contribution in [0.15, 0.2) is 0 Å². The second kappa shape index (κ2) is 16.1. The van der Waals surface area contributed by atoms with Gasteiger partial charge in [-0.1, -0.05) is 13.8 Å². The molecule has 0 rings (SSSR count). The number of nitrogens with one attached hydrogen (secondary N) is 1. The van der Waals surface area contributed by atoms with Crippen LogP contribution in [0.5, 0.6) is 0 Å². The van der Waals surface area contributed by atoms with Crippen molar-refractivity contribution < 1.29 is 38.5 Å². The average molecular weight is 450 g/mol. The maximum Gasteiger partial charge on any atom is 0.309 e. The van der Waals surface area contributed by atoms with E-state index in [2.05, 4.69) is 5.32 Å². The molecule has 1 N–H and O–H groups in total. The Kier molecular flexibility index (Phi) is 15.2. The summed E-state index contributed by atoms with van der Waals surface area (Å²) in [5, 5.41) is 13.7. The van der Waals surface area contributed by atoms with Crippen LogP contribution in [-0.2, 0) is 44.3 Å². The lowest BCUT2D eigenvalue weighted by molar-refractivity contribution is -0.308. The fourth-order valence-electron chi connectivity index (χ4n) is 2.55. The number of carbonyl (C=O) groups is 4. The number of methoxy groups -OCH3 is 1. The van der Waals surface area contributed by atoms with Crippen molar-refractivity contribution >= 4 is 34.5 Å². The normalized spacial score (nSPS) is 14.1. The highest BCUT2D eigenvalue weighted by molar-refractivity contribution is 7.95. The topological polar surface area (TPSA) is 131 Å². The van der Waals surface area contributed by atoms with Gasteiger partial charge in [0.05, 0.1) is 56.2 Å². The number of amides is 1. The fourth-order valence-corrected chi connectivity index (χ4v) is 3.26. The van der Waals surface area contributed by atoms with E-state index in [1.54, 1.807) is 21.0 Å². The van der Waals surface area contributed by atoms with Crippen LogP contribution in [0.2, 0.25) is 0 Å². The summed E-state index contributed by atoms with van der Waals surface area (Å²) in [5.74, 6) is -4.14. The highest BCUT2D eigenvalue weighted by atomic mass is 32.2. The molecule has 0 aliphatic heterocycles. The molecule has 2 unspecified atom stereocenters. The smallest absolute Gasteiger partial charge is 0.309 e. The number of ether oxygens (including phenoxy) is 3. The number of esters is 1. The van der Waals surface area contributed by atoms with Gasteiger partial charge in [0.2, 0.25) is 5.91 Å². The van der Waals surface area contributed by atoms with E-state index >= 15 is 0 Å². The number of carbonyl (C=O) groups excluding carboxylic acids is 4. The molecule has 0 saturated carbocycles. The van der Waals surface area contributed by atoms with E-state index in [4.69, 9.17) is 14.2 Å². The minimum absolute atomic E-state index is 0.0165. The highest BCUT2D eigenvalue weighted by Gasteiger charge is 2.30. The number of carboxylic acid groups (broad SMARTS) is 1. The van der Waals surface area contributed by atoms with Crippen LogP contribution < -0.4 is 10.4 Å². The van der Waals surface area contributed by atoms with Crippen molar-refractivity contribution in [3.8, 4) is 0 Å². The second-order valence-corrected chi connectivity index (χ2v) is 9.54. The number of hydrogen-bond acceptors (Lipinski definition) is 8. The molecule has 0 fully saturated rings. The molecule has 0 aromatic rings. The van der Waals surface area contributed by atoms with E-state index in [0.29, 0.717) is 19.0 Å². The van der Waals surface area contributed by atoms with Gasteiger partial charge in [-0.3, -0.25) is 14.4 Å². The Bertz CT molecular complexity index is 555. The molecule has 10 heteroatoms. The molecule has 174 valence electrons. The first-order chi connectivity index (χ1) is 14.1. The number of hydrogen-bond donors (Lipinski definition) is 1. The molecule has 0 heterocycles. The zero-order chi connectivity index (χ0) is 23.1. The van der Waals surface area contributed by atoms with Crippen LogP contribution in [0.4, 0.5) is 0 Å². The van der Waals surface area contributed by atoms with E-state index in [9.17, 15) is 24.3 Å². The minimum atomic E-state index is -1.37. The second-order valence-electron chi connectivity index (χ2n) is 7.16. The van der Waals surface area contributed by atoms with Crippen molar-refractivity contribution in [3.05, 3.63) is 0 Å². The van der Waals surface area contributed by atoms with Crippen molar-refractivity contribution in [2.45, 2.75) is 39.2 Å². The average Bonchev–Trinajstić information content (AvgIpc) is 2.67. The van der Waals surface area contributed by atoms with Crippen LogP contribution in [0.25, 0.3) is 0 Å². The van der Waals surface area contributed by atoms with Crippen LogP contribution in [0.1, 0.15) is 33.1 Å². The Labute approximate surface area is 181 Å². The third kappa shape index (κ3) is 12.1. The van der Waals surface area contributed by atoms with Gasteiger partial charge in [-0.15, -0.1) is 0 Å². The van der Waals surface area contributed by atoms with Gasteiger partial charge in [-0.05, 0) is 17.3 Å². The summed E-state index contributed by atoms with van der Waals surface area (Å²) < 4.78 is 15.1. The summed E-state index contributed by atoms with van der Waals surface area (Å²) in [7, 11) is 1.57. The van der Waals surface area contributed by atoms with Crippen LogP contribution in [-0.4, -0.2) is 81.5 Å². The third-order valence-electron chi connectivity index (χ3n) is 4.34. The maximum absolute atomic E-state index is 12.5. The first-order valence-electron chi connectivity index (χ1n) is 9.95. The lowest BCUT2D eigenvalue weighted by atomic mass is 9.92. The minimum Gasteiger partial charge on any atom is -0.548 e. The molecule has 0 aromatic heterocycles. The Balaban J connectivity index is 4.59. The molecule has 0 aliphatic carbocycles. The van der Waals surface area contributed by atoms with E-state index in [-0.39, 0.29) is 43.4 Å². The van der Waals surface area contributed by atoms with Gasteiger partial charge in [0.1, 0.15) is 18.1 Å². The van der Waals surface area contributed by atoms with E-state index < -0.39 is 41.5 Å². The molecule has 1 amide bonds. The molecule has 0 aromatic carbocycles. The molecule has 0 saturated heterocycles. The lowest BCUT2D eigenvalue weighted by Crippen LogP contribution is -2.51. The standard InChI is InChI=1S/C20H35NO8S/c1-6-15(18(23)21-16(19(24)25)7-12-30(4)5)17(22)13-14(2)20(26)29-11-10-28-9-8-27-3/h14-16H,6-13H2,1-5H3,(H-,21,23,24,25)/t14?,15?,16-/m1/s1. The fraction of sp³-hybridized carbons (Fsp3) is 0.800. The molecule has 9 nitrogen and oxygen atoms in total. The summed E-state index contributed by atoms with van der Waals surface area (Å²) >= 11 is 0. The summed E-state index contributed by atoms with van der Waals surface area (Å²) in [6.45, 7) is 4.31. The molecule has 30 heavy (non-hydrogen) atoms. The van der Waals surface area contributed by atoms with Gasteiger partial charge >= 0.3 is 5.97 Å². The quantitative estimate of drug-likeness (QED) is 0.134. The Morgan fingerprint density at radius 3 is 2.23 bits per heavy atom. The monoisotopic (exact) mass is 449 g/mol. The number of aliphatic carboxylic acids is 1. The summed E-state index contributed by atoms with van der Waals surface area (Å²) in [6.07, 6.45) is 4.21. The highest BCUT2D eigenvalue weighted by Crippen LogP contribution is 2.14. The first-order valence-corrected chi connectivity index (χ1v) is 12.2. The predicted molar refractivity (Wildman–Crippen MR) is 112 cm³/mol. The number of Topliss-reactive ketones (excluding diaryl/α,β-unsaturated/α-hetero) is 1. The van der Waals surface area contributed by atoms with Gasteiger partial charge in [-0.25, -0.2) is 0 Å². The van der Waals surface area contributed by atoms with Gasteiger partial charge < -0.3 is 29.4 Å². The van der Waals surface area contributed by atoms with Gasteiger partial charge in [0, 0.05) is 20.0 Å². The molecule has 0 radical (unpaired) electrons. The first kappa shape index (κ1) is 28.4. The van der Waals surface area contributed by atoms with Gasteiger partial charge in [0.25, 0.3) is 0 Å². The van der Waals surface area contributed by atoms with Gasteiger partial charge in [-0.2, -0.15) is 0 Å². The molecular weight excluding hydrogens is 414 g/mol. The summed E-state index contributed by atoms with van der Waals surface area (Å²) in [4.78, 5) is 48.3. The zero-order valence-electron chi connectivity index (χ0n) is 18.6. The Morgan fingerprint density at radius 1 is 1.07 bits per heavy atom.